The number of aryl methyl sites for hydroxylation is 1. The number of rotatable bonds is 1. The molecular weight excluding hydrogens is 185 g/mol. The number of nitrogens with zero attached hydrogens (tertiary/aromatic N) is 1. The molecule has 0 amide bonds. The maximum atomic E-state index is 5.11. The average molecular weight is 196 g/mol. The maximum Gasteiger partial charge on any atom is 0.0669 e. The average Bonchev–Trinajstić information content (AvgIpc) is 1.90. The van der Waals surface area contributed by atoms with Crippen molar-refractivity contribution in [3.63, 3.8) is 0 Å². The Morgan fingerprint density at radius 2 is 2.00 bits per heavy atom. The second-order valence-corrected chi connectivity index (χ2v) is 1.83. The van der Waals surface area contributed by atoms with Gasteiger partial charge in [-0.05, 0) is 19.1 Å². The minimum atomic E-state index is 0. The summed E-state index contributed by atoms with van der Waals surface area (Å²) in [5, 5.41) is 0. The number of hydrogen-bond acceptors (Lipinski definition) is 3. The quantitative estimate of drug-likeness (QED) is 0.528. The van der Waals surface area contributed by atoms with Gasteiger partial charge >= 0.3 is 0 Å². The summed E-state index contributed by atoms with van der Waals surface area (Å²) in [5.41, 5.74) is 4.32. The molecule has 0 radical (unpaired) electrons. The Morgan fingerprint density at radius 3 is 2.36 bits per heavy atom. The van der Waals surface area contributed by atoms with Crippen molar-refractivity contribution >= 4 is 30.5 Å². The van der Waals surface area contributed by atoms with Crippen LogP contribution in [-0.4, -0.2) is 4.98 Å². The third-order valence-electron chi connectivity index (χ3n) is 1.08. The van der Waals surface area contributed by atoms with Crippen molar-refractivity contribution in [1.29, 1.82) is 0 Å². The van der Waals surface area contributed by atoms with Crippen molar-refractivity contribution in [3.8, 4) is 0 Å². The first-order chi connectivity index (χ1) is 4.33. The number of nitrogen functional groups attached to an aromatic ring is 1. The van der Waals surface area contributed by atoms with Crippen LogP contribution in [-0.2, 0) is 0 Å². The molecule has 1 aromatic rings. The van der Waals surface area contributed by atoms with E-state index < -0.39 is 0 Å². The Kier molecular flexibility index (Phi) is 7.41. The number of anilines is 1. The number of aromatic nitrogens is 1. The summed E-state index contributed by atoms with van der Waals surface area (Å²) >= 11 is 0. The molecule has 3 nitrogen and oxygen atoms in total. The molecule has 5 heteroatoms. The van der Waals surface area contributed by atoms with Crippen LogP contribution in [0.2, 0.25) is 0 Å². The topological polar surface area (TPSA) is 50.9 Å². The zero-order valence-electron chi connectivity index (χ0n) is 6.07. The normalized spacial score (nSPS) is 7.45. The van der Waals surface area contributed by atoms with Gasteiger partial charge in [-0.3, -0.25) is 10.8 Å². The number of nitrogens with two attached hydrogens (primary N) is 1. The molecule has 0 aliphatic carbocycles. The molecule has 0 aliphatic heterocycles. The lowest BCUT2D eigenvalue weighted by molar-refractivity contribution is 1.18. The van der Waals surface area contributed by atoms with Crippen molar-refractivity contribution in [2.45, 2.75) is 6.92 Å². The van der Waals surface area contributed by atoms with E-state index in [2.05, 4.69) is 10.4 Å². The van der Waals surface area contributed by atoms with Crippen molar-refractivity contribution in [2.24, 2.45) is 5.84 Å². The summed E-state index contributed by atoms with van der Waals surface area (Å²) in [4.78, 5) is 4.01. The first-order valence-corrected chi connectivity index (χ1v) is 2.72. The van der Waals surface area contributed by atoms with Gasteiger partial charge in [-0.15, -0.1) is 24.8 Å². The zero-order valence-corrected chi connectivity index (χ0v) is 7.71. The summed E-state index contributed by atoms with van der Waals surface area (Å²) in [5.74, 6) is 5.11. The second kappa shape index (κ2) is 6.22. The van der Waals surface area contributed by atoms with E-state index in [1.165, 1.54) is 0 Å². The van der Waals surface area contributed by atoms with E-state index >= 15 is 0 Å². The van der Waals surface area contributed by atoms with Gasteiger partial charge in [-0.25, -0.2) is 0 Å². The molecule has 0 atom stereocenters. The molecule has 0 saturated heterocycles. The Balaban J connectivity index is 0. The van der Waals surface area contributed by atoms with E-state index in [0.29, 0.717) is 0 Å². The van der Waals surface area contributed by atoms with Gasteiger partial charge in [0.1, 0.15) is 0 Å². The maximum absolute atomic E-state index is 5.11. The van der Waals surface area contributed by atoms with Crippen LogP contribution in [0, 0.1) is 6.92 Å². The first kappa shape index (κ1) is 13.1. The first-order valence-electron chi connectivity index (χ1n) is 2.72. The zero-order chi connectivity index (χ0) is 6.69. The van der Waals surface area contributed by atoms with E-state index in [1.807, 2.05) is 19.1 Å². The van der Waals surface area contributed by atoms with E-state index in [4.69, 9.17) is 5.84 Å². The highest BCUT2D eigenvalue weighted by molar-refractivity contribution is 5.85. The summed E-state index contributed by atoms with van der Waals surface area (Å²) < 4.78 is 0. The Hall–Kier alpha value is -0.510. The number of hydrazine groups is 1. The smallest absolute Gasteiger partial charge is 0.0669 e. The Morgan fingerprint density at radius 1 is 1.36 bits per heavy atom. The Labute approximate surface area is 78.2 Å². The van der Waals surface area contributed by atoms with Crippen molar-refractivity contribution in [1.82, 2.24) is 4.98 Å². The van der Waals surface area contributed by atoms with Crippen LogP contribution in [0.5, 0.6) is 0 Å². The molecule has 64 valence electrons. The lowest BCUT2D eigenvalue weighted by Gasteiger charge is -1.96. The van der Waals surface area contributed by atoms with Crippen LogP contribution in [0.4, 0.5) is 5.69 Å². The minimum Gasteiger partial charge on any atom is -0.323 e. The molecule has 1 rings (SSSR count). The number of halogens is 2. The molecule has 3 N–H and O–H groups in total. The van der Waals surface area contributed by atoms with Crippen LogP contribution < -0.4 is 11.3 Å². The van der Waals surface area contributed by atoms with Gasteiger partial charge < -0.3 is 5.43 Å². The molecular formula is C6H11Cl2N3. The number of nitrogens with one attached hydrogen (secondary N) is 1. The largest absolute Gasteiger partial charge is 0.323 e. The molecule has 1 heterocycles. The summed E-state index contributed by atoms with van der Waals surface area (Å²) in [6.45, 7) is 1.93. The monoisotopic (exact) mass is 195 g/mol. The lowest BCUT2D eigenvalue weighted by atomic mass is 10.3. The van der Waals surface area contributed by atoms with Gasteiger partial charge in [0.15, 0.2) is 0 Å². The highest BCUT2D eigenvalue weighted by Gasteiger charge is 1.85. The van der Waals surface area contributed by atoms with Gasteiger partial charge in [0.05, 0.1) is 11.9 Å². The fourth-order valence-electron chi connectivity index (χ4n) is 0.553. The fraction of sp³-hybridized carbons (Fsp3) is 0.167. The highest BCUT2D eigenvalue weighted by atomic mass is 35.5. The molecule has 0 unspecified atom stereocenters. The predicted molar refractivity (Wildman–Crippen MR) is 51.3 cm³/mol. The van der Waals surface area contributed by atoms with Gasteiger partial charge in [0.25, 0.3) is 0 Å². The van der Waals surface area contributed by atoms with Gasteiger partial charge in [-0.2, -0.15) is 0 Å². The second-order valence-electron chi connectivity index (χ2n) is 1.83. The SMILES string of the molecule is Cc1ccc(NN)cn1.Cl.Cl. The van der Waals surface area contributed by atoms with E-state index in [1.54, 1.807) is 6.20 Å². The van der Waals surface area contributed by atoms with Gasteiger partial charge in [0.2, 0.25) is 0 Å². The third kappa shape index (κ3) is 4.03. The minimum absolute atomic E-state index is 0. The fourth-order valence-corrected chi connectivity index (χ4v) is 0.553. The van der Waals surface area contributed by atoms with E-state index in [9.17, 15) is 0 Å². The summed E-state index contributed by atoms with van der Waals surface area (Å²) in [6.07, 6.45) is 1.69. The number of pyridine rings is 1. The lowest BCUT2D eigenvalue weighted by Crippen LogP contribution is -2.06. The van der Waals surface area contributed by atoms with Crippen molar-refractivity contribution in [2.75, 3.05) is 5.43 Å². The molecule has 0 aromatic carbocycles. The van der Waals surface area contributed by atoms with Crippen molar-refractivity contribution in [3.05, 3.63) is 24.0 Å². The molecule has 0 aliphatic rings. The van der Waals surface area contributed by atoms with Crippen LogP contribution in [0.25, 0.3) is 0 Å². The molecule has 0 saturated carbocycles. The molecule has 0 spiro atoms. The van der Waals surface area contributed by atoms with Crippen LogP contribution in [0.3, 0.4) is 0 Å². The summed E-state index contributed by atoms with van der Waals surface area (Å²) in [7, 11) is 0. The highest BCUT2D eigenvalue weighted by Crippen LogP contribution is 2.01. The molecule has 0 bridgehead atoms. The predicted octanol–water partition coefficient (Wildman–Crippen LogP) is 1.52. The van der Waals surface area contributed by atoms with Gasteiger partial charge in [0, 0.05) is 5.69 Å². The van der Waals surface area contributed by atoms with E-state index in [-0.39, 0.29) is 24.8 Å². The Bertz CT molecular complexity index is 188. The molecule has 0 fully saturated rings. The van der Waals surface area contributed by atoms with Crippen LogP contribution >= 0.6 is 24.8 Å². The molecule has 1 aromatic heterocycles. The molecule has 11 heavy (non-hydrogen) atoms. The third-order valence-corrected chi connectivity index (χ3v) is 1.08. The number of hydrogen-bond donors (Lipinski definition) is 2. The van der Waals surface area contributed by atoms with Gasteiger partial charge in [-0.1, -0.05) is 0 Å². The summed E-state index contributed by atoms with van der Waals surface area (Å²) in [6, 6.07) is 3.78. The van der Waals surface area contributed by atoms with Crippen LogP contribution in [0.15, 0.2) is 18.3 Å². The van der Waals surface area contributed by atoms with Crippen LogP contribution in [0.1, 0.15) is 5.69 Å². The standard InChI is InChI=1S/C6H9N3.2ClH/c1-5-2-3-6(9-7)4-8-5;;/h2-4,9H,7H2,1H3;2*1H. The van der Waals surface area contributed by atoms with E-state index in [0.717, 1.165) is 11.4 Å². The van der Waals surface area contributed by atoms with Crippen molar-refractivity contribution < 1.29 is 0 Å².